The van der Waals surface area contributed by atoms with Gasteiger partial charge in [-0.3, -0.25) is 9.59 Å². The lowest BCUT2D eigenvalue weighted by molar-refractivity contribution is -0.114. The van der Waals surface area contributed by atoms with Crippen LogP contribution in [0, 0.1) is 0 Å². The summed E-state index contributed by atoms with van der Waals surface area (Å²) in [5, 5.41) is 9.21. The summed E-state index contributed by atoms with van der Waals surface area (Å²) >= 11 is 0. The summed E-state index contributed by atoms with van der Waals surface area (Å²) in [5.41, 5.74) is 6.11. The Morgan fingerprint density at radius 1 is 1.33 bits per heavy atom. The van der Waals surface area contributed by atoms with E-state index >= 15 is 0 Å². The minimum atomic E-state index is -0.589. The molecule has 1 heterocycles. The smallest absolute Gasteiger partial charge is 0.299 e. The fourth-order valence-corrected chi connectivity index (χ4v) is 1.64. The highest BCUT2D eigenvalue weighted by molar-refractivity contribution is 6.52. The molecule has 0 unspecified atom stereocenters. The first-order valence-corrected chi connectivity index (χ1v) is 4.54. The van der Waals surface area contributed by atoms with Crippen molar-refractivity contribution in [2.75, 3.05) is 18.0 Å². The van der Waals surface area contributed by atoms with E-state index in [1.165, 1.54) is 17.0 Å². The van der Waals surface area contributed by atoms with E-state index in [1.807, 2.05) is 0 Å². The summed E-state index contributed by atoms with van der Waals surface area (Å²) < 4.78 is 0. The number of phenols is 1. The Morgan fingerprint density at radius 3 is 2.73 bits per heavy atom. The lowest BCUT2D eigenvalue weighted by Gasteiger charge is -2.14. The number of hydrogen-bond acceptors (Lipinski definition) is 4. The third-order valence-electron chi connectivity index (χ3n) is 2.31. The molecule has 0 aliphatic carbocycles. The maximum absolute atomic E-state index is 11.5. The number of rotatable bonds is 2. The van der Waals surface area contributed by atoms with Crippen LogP contribution in [0.1, 0.15) is 10.4 Å². The summed E-state index contributed by atoms with van der Waals surface area (Å²) in [6.07, 6.45) is 0. The number of Topliss-reactive ketones (excluding diaryl/α,β-unsaturated/α-hetero) is 1. The molecular weight excluding hydrogens is 196 g/mol. The fourth-order valence-electron chi connectivity index (χ4n) is 1.64. The van der Waals surface area contributed by atoms with E-state index in [0.29, 0.717) is 18.8 Å². The Morgan fingerprint density at radius 2 is 2.07 bits per heavy atom. The largest absolute Gasteiger partial charge is 0.508 e. The summed E-state index contributed by atoms with van der Waals surface area (Å²) in [6, 6.07) is 4.28. The molecule has 1 amide bonds. The van der Waals surface area contributed by atoms with E-state index < -0.39 is 11.7 Å². The lowest BCUT2D eigenvalue weighted by atomic mass is 10.1. The van der Waals surface area contributed by atoms with E-state index in [9.17, 15) is 14.7 Å². The third kappa shape index (κ3) is 1.37. The zero-order valence-electron chi connectivity index (χ0n) is 7.93. The second-order valence-electron chi connectivity index (χ2n) is 3.28. The monoisotopic (exact) mass is 206 g/mol. The van der Waals surface area contributed by atoms with Gasteiger partial charge in [0.1, 0.15) is 5.75 Å². The molecule has 15 heavy (non-hydrogen) atoms. The summed E-state index contributed by atoms with van der Waals surface area (Å²) in [4.78, 5) is 24.3. The number of fused-ring (bicyclic) bond motifs is 1. The van der Waals surface area contributed by atoms with E-state index in [0.717, 1.165) is 0 Å². The molecule has 0 fully saturated rings. The van der Waals surface area contributed by atoms with Crippen LogP contribution in [0.4, 0.5) is 5.69 Å². The number of benzene rings is 1. The summed E-state index contributed by atoms with van der Waals surface area (Å²) in [6.45, 7) is 0.599. The first kappa shape index (κ1) is 9.67. The number of aromatic hydroxyl groups is 1. The number of nitrogens with two attached hydrogens (primary N) is 1. The van der Waals surface area contributed by atoms with Crippen LogP contribution in [-0.4, -0.2) is 29.9 Å². The summed E-state index contributed by atoms with van der Waals surface area (Å²) in [5.74, 6) is -1.19. The number of carbonyl (C=O) groups excluding carboxylic acids is 2. The Bertz CT molecular complexity index is 442. The molecule has 2 rings (SSSR count). The van der Waals surface area contributed by atoms with E-state index in [4.69, 9.17) is 5.73 Å². The number of ketones is 1. The SMILES string of the molecule is NCCN1C(=O)C(=O)c2cc(O)ccc21. The van der Waals surface area contributed by atoms with Crippen LogP contribution >= 0.6 is 0 Å². The van der Waals surface area contributed by atoms with Crippen molar-refractivity contribution in [1.29, 1.82) is 0 Å². The van der Waals surface area contributed by atoms with Crippen molar-refractivity contribution in [3.63, 3.8) is 0 Å². The highest BCUT2D eigenvalue weighted by atomic mass is 16.3. The van der Waals surface area contributed by atoms with Crippen LogP contribution in [0.2, 0.25) is 0 Å². The van der Waals surface area contributed by atoms with Gasteiger partial charge in [0.05, 0.1) is 11.3 Å². The van der Waals surface area contributed by atoms with Crippen LogP contribution < -0.4 is 10.6 Å². The molecule has 0 atom stereocenters. The fraction of sp³-hybridized carbons (Fsp3) is 0.200. The van der Waals surface area contributed by atoms with Gasteiger partial charge in [0, 0.05) is 13.1 Å². The van der Waals surface area contributed by atoms with Crippen molar-refractivity contribution in [2.24, 2.45) is 5.73 Å². The van der Waals surface area contributed by atoms with Gasteiger partial charge in [-0.05, 0) is 18.2 Å². The molecule has 1 aliphatic heterocycles. The molecule has 0 bridgehead atoms. The number of hydrogen-bond donors (Lipinski definition) is 2. The Kier molecular flexibility index (Phi) is 2.17. The van der Waals surface area contributed by atoms with Crippen molar-refractivity contribution in [1.82, 2.24) is 0 Å². The quantitative estimate of drug-likeness (QED) is 0.661. The van der Waals surface area contributed by atoms with Gasteiger partial charge in [-0.25, -0.2) is 0 Å². The molecule has 78 valence electrons. The predicted molar refractivity (Wildman–Crippen MR) is 53.8 cm³/mol. The van der Waals surface area contributed by atoms with Crippen molar-refractivity contribution in [2.45, 2.75) is 0 Å². The number of phenolic OH excluding ortho intramolecular Hbond substituents is 1. The van der Waals surface area contributed by atoms with Crippen molar-refractivity contribution in [3.8, 4) is 5.75 Å². The van der Waals surface area contributed by atoms with Gasteiger partial charge < -0.3 is 15.7 Å². The Balaban J connectivity index is 2.50. The van der Waals surface area contributed by atoms with E-state index in [-0.39, 0.29) is 11.3 Å². The second kappa shape index (κ2) is 3.36. The van der Waals surface area contributed by atoms with Crippen molar-refractivity contribution < 1.29 is 14.7 Å². The molecule has 0 aromatic heterocycles. The number of amides is 1. The lowest BCUT2D eigenvalue weighted by Crippen LogP contribution is -2.34. The number of anilines is 1. The molecule has 0 saturated carbocycles. The first-order valence-electron chi connectivity index (χ1n) is 4.54. The standard InChI is InChI=1S/C10H10N2O3/c11-3-4-12-8-2-1-6(13)5-7(8)9(14)10(12)15/h1-2,5,13H,3-4,11H2. The average molecular weight is 206 g/mol. The molecule has 1 aromatic rings. The molecule has 3 N–H and O–H groups in total. The maximum Gasteiger partial charge on any atom is 0.299 e. The van der Waals surface area contributed by atoms with Crippen LogP contribution in [-0.2, 0) is 4.79 Å². The van der Waals surface area contributed by atoms with Crippen LogP contribution in [0.15, 0.2) is 18.2 Å². The van der Waals surface area contributed by atoms with Gasteiger partial charge in [-0.1, -0.05) is 0 Å². The zero-order chi connectivity index (χ0) is 11.0. The molecule has 0 spiro atoms. The Hall–Kier alpha value is -1.88. The highest BCUT2D eigenvalue weighted by Crippen LogP contribution is 2.31. The van der Waals surface area contributed by atoms with Gasteiger partial charge in [0.25, 0.3) is 11.7 Å². The molecule has 1 aliphatic rings. The van der Waals surface area contributed by atoms with Gasteiger partial charge >= 0.3 is 0 Å². The number of nitrogens with zero attached hydrogens (tertiary/aromatic N) is 1. The van der Waals surface area contributed by atoms with Crippen molar-refractivity contribution >= 4 is 17.4 Å². The minimum Gasteiger partial charge on any atom is -0.508 e. The molecule has 5 heteroatoms. The highest BCUT2D eigenvalue weighted by Gasteiger charge is 2.35. The number of carbonyl (C=O) groups is 2. The molecule has 0 radical (unpaired) electrons. The van der Waals surface area contributed by atoms with E-state index in [1.54, 1.807) is 6.07 Å². The molecular formula is C10H10N2O3. The Labute approximate surface area is 86.1 Å². The zero-order valence-corrected chi connectivity index (χ0v) is 7.93. The minimum absolute atomic E-state index is 0.0236. The normalized spacial score (nSPS) is 14.6. The van der Waals surface area contributed by atoms with Crippen LogP contribution in [0.25, 0.3) is 0 Å². The maximum atomic E-state index is 11.5. The summed E-state index contributed by atoms with van der Waals surface area (Å²) in [7, 11) is 0. The molecule has 5 nitrogen and oxygen atoms in total. The molecule has 1 aromatic carbocycles. The topological polar surface area (TPSA) is 83.6 Å². The molecule has 0 saturated heterocycles. The van der Waals surface area contributed by atoms with Crippen LogP contribution in [0.3, 0.4) is 0 Å². The van der Waals surface area contributed by atoms with E-state index in [2.05, 4.69) is 0 Å². The third-order valence-corrected chi connectivity index (χ3v) is 2.31. The van der Waals surface area contributed by atoms with Gasteiger partial charge in [-0.2, -0.15) is 0 Å². The van der Waals surface area contributed by atoms with Crippen LogP contribution in [0.5, 0.6) is 5.75 Å². The van der Waals surface area contributed by atoms with Gasteiger partial charge in [0.15, 0.2) is 0 Å². The first-order chi connectivity index (χ1) is 7.15. The predicted octanol–water partition coefficient (Wildman–Crippen LogP) is -0.120. The van der Waals surface area contributed by atoms with Gasteiger partial charge in [-0.15, -0.1) is 0 Å². The van der Waals surface area contributed by atoms with Crippen molar-refractivity contribution in [3.05, 3.63) is 23.8 Å². The average Bonchev–Trinajstić information content (AvgIpc) is 2.44. The second-order valence-corrected chi connectivity index (χ2v) is 3.28. The van der Waals surface area contributed by atoms with Gasteiger partial charge in [0.2, 0.25) is 0 Å².